The Morgan fingerprint density at radius 1 is 1.05 bits per heavy atom. The fourth-order valence-corrected chi connectivity index (χ4v) is 4.76. The van der Waals surface area contributed by atoms with Crippen LogP contribution in [0.5, 0.6) is 5.75 Å². The van der Waals surface area contributed by atoms with Crippen LogP contribution in [0.1, 0.15) is 16.7 Å². The minimum atomic E-state index is -4.73. The molecule has 192 valence electrons. The van der Waals surface area contributed by atoms with E-state index in [-0.39, 0.29) is 5.75 Å². The number of ether oxygens (including phenoxy) is 1. The van der Waals surface area contributed by atoms with E-state index in [1.54, 1.807) is 18.5 Å². The molecule has 0 bridgehead atoms. The Morgan fingerprint density at radius 2 is 1.84 bits per heavy atom. The molecule has 1 heterocycles. The van der Waals surface area contributed by atoms with E-state index >= 15 is 0 Å². The van der Waals surface area contributed by atoms with Gasteiger partial charge in [-0.3, -0.25) is 9.56 Å². The maximum Gasteiger partial charge on any atom is 0.573 e. The van der Waals surface area contributed by atoms with E-state index in [1.165, 1.54) is 12.1 Å². The van der Waals surface area contributed by atoms with Crippen LogP contribution in [0.15, 0.2) is 84.1 Å². The van der Waals surface area contributed by atoms with E-state index in [9.17, 15) is 13.2 Å². The molecule has 0 fully saturated rings. The van der Waals surface area contributed by atoms with Gasteiger partial charge in [0.25, 0.3) is 0 Å². The second-order valence-electron chi connectivity index (χ2n) is 8.83. The Bertz CT molecular complexity index is 1680. The van der Waals surface area contributed by atoms with Gasteiger partial charge < -0.3 is 4.74 Å². The van der Waals surface area contributed by atoms with Gasteiger partial charge in [-0.1, -0.05) is 48.1 Å². The number of benzene rings is 4. The fraction of sp³-hybridized carbons (Fsp3) is 0.138. The van der Waals surface area contributed by atoms with Crippen LogP contribution in [0.4, 0.5) is 13.2 Å². The number of halogens is 4. The maximum absolute atomic E-state index is 12.5. The van der Waals surface area contributed by atoms with Crippen molar-refractivity contribution in [1.82, 2.24) is 9.55 Å². The number of nitrogens with zero attached hydrogens (tertiary/aromatic N) is 3. The number of aliphatic imine (C=N–C) groups is 1. The number of aromatic nitrogens is 2. The molecule has 4 nitrogen and oxygen atoms in total. The minimum Gasteiger partial charge on any atom is -0.406 e. The molecule has 0 saturated carbocycles. The number of fused-ring (bicyclic) bond motifs is 3. The van der Waals surface area contributed by atoms with Gasteiger partial charge in [0, 0.05) is 33.6 Å². The molecule has 0 unspecified atom stereocenters. The third kappa shape index (κ3) is 5.87. The lowest BCUT2D eigenvalue weighted by Crippen LogP contribution is -2.17. The number of alkyl halides is 3. The van der Waals surface area contributed by atoms with Gasteiger partial charge in [0.1, 0.15) is 12.1 Å². The van der Waals surface area contributed by atoms with Crippen LogP contribution in [0, 0.1) is 6.92 Å². The molecule has 0 atom stereocenters. The predicted molar refractivity (Wildman–Crippen MR) is 150 cm³/mol. The lowest BCUT2D eigenvalue weighted by molar-refractivity contribution is -0.274. The Kier molecular flexibility index (Phi) is 7.19. The highest BCUT2D eigenvalue weighted by atomic mass is 35.5. The molecule has 5 rings (SSSR count). The molecule has 0 aliphatic rings. The first-order valence-electron chi connectivity index (χ1n) is 11.7. The first-order valence-corrected chi connectivity index (χ1v) is 12.5. The first kappa shape index (κ1) is 25.9. The van der Waals surface area contributed by atoms with E-state index in [0.29, 0.717) is 23.7 Å². The number of aryl methyl sites for hydroxylation is 1. The highest BCUT2D eigenvalue weighted by Gasteiger charge is 2.31. The van der Waals surface area contributed by atoms with Crippen molar-refractivity contribution < 1.29 is 17.9 Å². The summed E-state index contributed by atoms with van der Waals surface area (Å²) in [6.07, 6.45) is -0.587. The highest BCUT2D eigenvalue weighted by Crippen LogP contribution is 2.29. The normalized spacial score (nSPS) is 12.0. The average molecular weight is 552 g/mol. The lowest BCUT2D eigenvalue weighted by Gasteiger charge is -2.10. The Balaban J connectivity index is 1.31. The van der Waals surface area contributed by atoms with Crippen LogP contribution in [0.25, 0.3) is 27.5 Å². The third-order valence-corrected chi connectivity index (χ3v) is 6.61. The van der Waals surface area contributed by atoms with Crippen molar-refractivity contribution >= 4 is 56.7 Å². The molecule has 4 aromatic carbocycles. The molecule has 9 heteroatoms. The van der Waals surface area contributed by atoms with Gasteiger partial charge in [-0.2, -0.15) is 0 Å². The second kappa shape index (κ2) is 10.6. The van der Waals surface area contributed by atoms with Gasteiger partial charge in [0.05, 0.1) is 17.6 Å². The van der Waals surface area contributed by atoms with Gasteiger partial charge in [-0.05, 0) is 77.5 Å². The van der Waals surface area contributed by atoms with E-state index in [2.05, 4.69) is 14.7 Å². The number of hydrogen-bond donors (Lipinski definition) is 0. The summed E-state index contributed by atoms with van der Waals surface area (Å²) in [5.74, 6) is -0.272. The molecule has 0 radical (unpaired) electrons. The van der Waals surface area contributed by atoms with Crippen molar-refractivity contribution in [2.24, 2.45) is 4.99 Å². The summed E-state index contributed by atoms with van der Waals surface area (Å²) in [6, 6.07) is 21.4. The van der Waals surface area contributed by atoms with Gasteiger partial charge in [-0.25, -0.2) is 4.98 Å². The standard InChI is InChI=1S/C29H21ClF3N3OS/c1-18-12-22(30)5-3-20(18)14-25(38)16-34-15-19-2-10-26-21(13-19)4-11-27-28(26)35-17-36(27)23-6-8-24(9-7-23)37-29(31,32)33/h2-13,15,17H,14,16H2,1H3. The summed E-state index contributed by atoms with van der Waals surface area (Å²) in [4.78, 5) is 9.94. The molecule has 0 amide bonds. The van der Waals surface area contributed by atoms with Crippen molar-refractivity contribution in [2.45, 2.75) is 19.7 Å². The molecular formula is C29H21ClF3N3OS. The van der Waals surface area contributed by atoms with Gasteiger partial charge in [0.15, 0.2) is 0 Å². The molecule has 5 aromatic rings. The molecule has 0 aliphatic heterocycles. The van der Waals surface area contributed by atoms with Crippen LogP contribution in [-0.4, -0.2) is 33.5 Å². The first-order chi connectivity index (χ1) is 18.2. The van der Waals surface area contributed by atoms with Crippen molar-refractivity contribution in [3.05, 3.63) is 101 Å². The number of thiocarbonyl (C=S) groups is 1. The zero-order valence-corrected chi connectivity index (χ0v) is 21.7. The maximum atomic E-state index is 12.5. The summed E-state index contributed by atoms with van der Waals surface area (Å²) in [5, 5.41) is 2.67. The Labute approximate surface area is 227 Å². The van der Waals surface area contributed by atoms with E-state index < -0.39 is 6.36 Å². The predicted octanol–water partition coefficient (Wildman–Crippen LogP) is 8.07. The molecular weight excluding hydrogens is 531 g/mol. The SMILES string of the molecule is Cc1cc(Cl)ccc1CC(=S)CN=Cc1ccc2c(ccc3c2ncn3-c2ccc(OC(F)(F)F)cc2)c1. The largest absolute Gasteiger partial charge is 0.573 e. The number of imidazole rings is 1. The van der Waals surface area contributed by atoms with E-state index in [4.69, 9.17) is 23.8 Å². The Morgan fingerprint density at radius 3 is 2.58 bits per heavy atom. The van der Waals surface area contributed by atoms with E-state index in [1.807, 2.05) is 66.2 Å². The van der Waals surface area contributed by atoms with Crippen molar-refractivity contribution in [2.75, 3.05) is 6.54 Å². The minimum absolute atomic E-state index is 0.272. The zero-order chi connectivity index (χ0) is 26.9. The quantitative estimate of drug-likeness (QED) is 0.152. The van der Waals surface area contributed by atoms with Gasteiger partial charge in [0.2, 0.25) is 0 Å². The van der Waals surface area contributed by atoms with Crippen LogP contribution in [-0.2, 0) is 6.42 Å². The molecule has 0 saturated heterocycles. The van der Waals surface area contributed by atoms with Gasteiger partial charge in [-0.15, -0.1) is 13.2 Å². The number of hydrogen-bond acceptors (Lipinski definition) is 4. The van der Waals surface area contributed by atoms with Crippen molar-refractivity contribution in [1.29, 1.82) is 0 Å². The summed E-state index contributed by atoms with van der Waals surface area (Å²) < 4.78 is 43.1. The second-order valence-corrected chi connectivity index (χ2v) is 9.84. The van der Waals surface area contributed by atoms with Crippen LogP contribution >= 0.6 is 23.8 Å². The number of rotatable bonds is 7. The highest BCUT2D eigenvalue weighted by molar-refractivity contribution is 7.80. The summed E-state index contributed by atoms with van der Waals surface area (Å²) in [7, 11) is 0. The van der Waals surface area contributed by atoms with Crippen molar-refractivity contribution in [3.63, 3.8) is 0 Å². The summed E-state index contributed by atoms with van der Waals surface area (Å²) in [5.41, 5.74) is 5.51. The smallest absolute Gasteiger partial charge is 0.406 e. The molecule has 0 N–H and O–H groups in total. The lowest BCUT2D eigenvalue weighted by atomic mass is 10.0. The topological polar surface area (TPSA) is 39.4 Å². The van der Waals surface area contributed by atoms with E-state index in [0.717, 1.165) is 43.4 Å². The average Bonchev–Trinajstić information content (AvgIpc) is 3.30. The fourth-order valence-electron chi connectivity index (χ4n) is 4.30. The van der Waals surface area contributed by atoms with Crippen LogP contribution in [0.3, 0.4) is 0 Å². The molecule has 0 spiro atoms. The van der Waals surface area contributed by atoms with Crippen molar-refractivity contribution in [3.8, 4) is 11.4 Å². The monoisotopic (exact) mass is 551 g/mol. The van der Waals surface area contributed by atoms with Gasteiger partial charge >= 0.3 is 6.36 Å². The molecule has 38 heavy (non-hydrogen) atoms. The Hall–Kier alpha value is -3.75. The zero-order valence-electron chi connectivity index (χ0n) is 20.2. The molecule has 1 aromatic heterocycles. The van der Waals surface area contributed by atoms with Crippen LogP contribution in [0.2, 0.25) is 5.02 Å². The third-order valence-electron chi connectivity index (χ3n) is 6.10. The summed E-state index contributed by atoms with van der Waals surface area (Å²) in [6.45, 7) is 2.47. The molecule has 0 aliphatic carbocycles. The summed E-state index contributed by atoms with van der Waals surface area (Å²) >= 11 is 11.6. The van der Waals surface area contributed by atoms with Crippen LogP contribution < -0.4 is 4.74 Å².